The first kappa shape index (κ1) is 15.5. The molecule has 0 bridgehead atoms. The number of hydrogen-bond acceptors (Lipinski definition) is 4. The van der Waals surface area contributed by atoms with Gasteiger partial charge in [0.1, 0.15) is 17.4 Å². The van der Waals surface area contributed by atoms with Crippen molar-refractivity contribution in [3.8, 4) is 17.7 Å². The summed E-state index contributed by atoms with van der Waals surface area (Å²) in [4.78, 5) is 0. The molecule has 0 fully saturated rings. The maximum atomic E-state index is 9.45. The molecule has 0 aliphatic carbocycles. The molecule has 1 aromatic heterocycles. The van der Waals surface area contributed by atoms with Crippen LogP contribution in [0.5, 0.6) is 11.6 Å². The number of nitriles is 1. The lowest BCUT2D eigenvalue weighted by Gasteiger charge is -2.12. The summed E-state index contributed by atoms with van der Waals surface area (Å²) < 4.78 is 6.74. The van der Waals surface area contributed by atoms with E-state index < -0.39 is 0 Å². The normalized spacial score (nSPS) is 10.2. The van der Waals surface area contributed by atoms with Crippen molar-refractivity contribution in [3.05, 3.63) is 45.1 Å². The monoisotopic (exact) mass is 345 g/mol. The summed E-state index contributed by atoms with van der Waals surface area (Å²) in [6.07, 6.45) is 1.48. The first-order chi connectivity index (χ1) is 10.1. The van der Waals surface area contributed by atoms with Crippen molar-refractivity contribution in [1.29, 1.82) is 5.26 Å². The third-order valence-corrected chi connectivity index (χ3v) is 3.78. The minimum absolute atomic E-state index is 0.271. The van der Waals surface area contributed by atoms with E-state index in [2.05, 4.69) is 32.2 Å². The molecule has 0 spiro atoms. The molecule has 0 aliphatic heterocycles. The maximum absolute atomic E-state index is 9.45. The van der Waals surface area contributed by atoms with Gasteiger partial charge in [0.15, 0.2) is 0 Å². The van der Waals surface area contributed by atoms with Crippen LogP contribution in [0.25, 0.3) is 0 Å². The van der Waals surface area contributed by atoms with Crippen molar-refractivity contribution in [3.63, 3.8) is 0 Å². The van der Waals surface area contributed by atoms with E-state index in [1.54, 1.807) is 0 Å². The molecule has 108 valence electrons. The van der Waals surface area contributed by atoms with Gasteiger partial charge >= 0.3 is 0 Å². The van der Waals surface area contributed by atoms with Gasteiger partial charge in [-0.1, -0.05) is 35.8 Å². The molecule has 0 amide bonds. The summed E-state index contributed by atoms with van der Waals surface area (Å²) in [7, 11) is 0. The van der Waals surface area contributed by atoms with Crippen molar-refractivity contribution < 1.29 is 4.74 Å². The second-order valence-corrected chi connectivity index (χ2v) is 5.55. The highest BCUT2D eigenvalue weighted by atomic mass is 79.9. The highest BCUT2D eigenvalue weighted by Crippen LogP contribution is 2.30. The number of benzene rings is 1. The Kier molecular flexibility index (Phi) is 4.92. The Morgan fingerprint density at radius 3 is 2.62 bits per heavy atom. The Morgan fingerprint density at radius 1 is 1.24 bits per heavy atom. The molecule has 0 unspecified atom stereocenters. The number of aryl methyl sites for hydroxylation is 2. The molecule has 4 nitrogen and oxygen atoms in total. The summed E-state index contributed by atoms with van der Waals surface area (Å²) in [6, 6.07) is 7.95. The summed E-state index contributed by atoms with van der Waals surface area (Å²) in [5, 5.41) is 17.7. The van der Waals surface area contributed by atoms with Crippen LogP contribution in [-0.4, -0.2) is 10.2 Å². The van der Waals surface area contributed by atoms with Gasteiger partial charge in [0.05, 0.1) is 5.69 Å². The molecule has 1 aromatic carbocycles. The largest absolute Gasteiger partial charge is 0.436 e. The Labute approximate surface area is 132 Å². The van der Waals surface area contributed by atoms with Gasteiger partial charge in [0, 0.05) is 4.47 Å². The van der Waals surface area contributed by atoms with E-state index in [0.717, 1.165) is 34.1 Å². The van der Waals surface area contributed by atoms with Gasteiger partial charge in [-0.15, -0.1) is 5.10 Å². The van der Waals surface area contributed by atoms with Crippen LogP contribution in [0.4, 0.5) is 0 Å². The lowest BCUT2D eigenvalue weighted by Crippen LogP contribution is -2.05. The molecular weight excluding hydrogens is 330 g/mol. The molecule has 2 rings (SSSR count). The average molecular weight is 346 g/mol. The Bertz CT molecular complexity index is 707. The van der Waals surface area contributed by atoms with E-state index in [9.17, 15) is 5.26 Å². The fourth-order valence-corrected chi connectivity index (χ4v) is 2.47. The van der Waals surface area contributed by atoms with Crippen molar-refractivity contribution >= 4 is 15.9 Å². The molecular formula is C16H16BrN3O. The standard InChI is InChI=1S/C16H16BrN3O/c1-4-12-13(9-18)16(20-19-14(12)5-2)21-15-8-11(17)7-6-10(15)3/h6-8H,4-5H2,1-3H3. The molecule has 5 heteroatoms. The minimum atomic E-state index is 0.271. The van der Waals surface area contributed by atoms with Crippen LogP contribution >= 0.6 is 15.9 Å². The van der Waals surface area contributed by atoms with Crippen molar-refractivity contribution in [2.24, 2.45) is 0 Å². The SMILES string of the molecule is CCc1nnc(Oc2cc(Br)ccc2C)c(C#N)c1CC. The lowest BCUT2D eigenvalue weighted by atomic mass is 10.0. The van der Waals surface area contributed by atoms with Crippen molar-refractivity contribution in [1.82, 2.24) is 10.2 Å². The van der Waals surface area contributed by atoms with Crippen molar-refractivity contribution in [2.45, 2.75) is 33.6 Å². The second kappa shape index (κ2) is 6.68. The number of ether oxygens (including phenoxy) is 1. The van der Waals surface area contributed by atoms with Gasteiger partial charge in [-0.25, -0.2) is 0 Å². The first-order valence-corrected chi connectivity index (χ1v) is 7.62. The fraction of sp³-hybridized carbons (Fsp3) is 0.312. The highest BCUT2D eigenvalue weighted by Gasteiger charge is 2.16. The number of aromatic nitrogens is 2. The van der Waals surface area contributed by atoms with Gasteiger partial charge in [-0.3, -0.25) is 0 Å². The maximum Gasteiger partial charge on any atom is 0.257 e. The molecule has 0 aliphatic rings. The highest BCUT2D eigenvalue weighted by molar-refractivity contribution is 9.10. The Hall–Kier alpha value is -1.93. The molecule has 0 saturated carbocycles. The number of hydrogen-bond donors (Lipinski definition) is 0. The van der Waals surface area contributed by atoms with E-state index in [1.807, 2.05) is 39.0 Å². The summed E-state index contributed by atoms with van der Waals surface area (Å²) in [5.74, 6) is 0.939. The molecule has 0 atom stereocenters. The Morgan fingerprint density at radius 2 is 2.00 bits per heavy atom. The van der Waals surface area contributed by atoms with Crippen LogP contribution in [0.15, 0.2) is 22.7 Å². The van der Waals surface area contributed by atoms with E-state index >= 15 is 0 Å². The summed E-state index contributed by atoms with van der Waals surface area (Å²) in [6.45, 7) is 5.96. The Balaban J connectivity index is 2.50. The predicted molar refractivity (Wildman–Crippen MR) is 84.5 cm³/mol. The average Bonchev–Trinajstić information content (AvgIpc) is 2.50. The zero-order valence-electron chi connectivity index (χ0n) is 12.3. The van der Waals surface area contributed by atoms with Crippen LogP contribution in [-0.2, 0) is 12.8 Å². The van der Waals surface area contributed by atoms with Crippen molar-refractivity contribution in [2.75, 3.05) is 0 Å². The molecule has 1 heterocycles. The fourth-order valence-electron chi connectivity index (χ4n) is 2.13. The molecule has 0 radical (unpaired) electrons. The van der Waals surface area contributed by atoms with E-state index in [-0.39, 0.29) is 5.88 Å². The number of halogens is 1. The van der Waals surface area contributed by atoms with E-state index in [4.69, 9.17) is 4.74 Å². The molecule has 2 aromatic rings. The topological polar surface area (TPSA) is 58.8 Å². The summed E-state index contributed by atoms with van der Waals surface area (Å²) >= 11 is 3.42. The van der Waals surface area contributed by atoms with Gasteiger partial charge < -0.3 is 4.74 Å². The van der Waals surface area contributed by atoms with Crippen LogP contribution in [0.2, 0.25) is 0 Å². The van der Waals surface area contributed by atoms with Crippen LogP contribution < -0.4 is 4.74 Å². The van der Waals surface area contributed by atoms with Crippen LogP contribution in [0, 0.1) is 18.3 Å². The van der Waals surface area contributed by atoms with Gasteiger partial charge in [0.2, 0.25) is 0 Å². The third-order valence-electron chi connectivity index (χ3n) is 3.28. The molecule has 21 heavy (non-hydrogen) atoms. The number of nitrogens with zero attached hydrogens (tertiary/aromatic N) is 3. The zero-order valence-corrected chi connectivity index (χ0v) is 13.9. The third kappa shape index (κ3) is 3.22. The van der Waals surface area contributed by atoms with E-state index in [0.29, 0.717) is 11.3 Å². The first-order valence-electron chi connectivity index (χ1n) is 6.83. The summed E-state index contributed by atoms with van der Waals surface area (Å²) in [5.41, 5.74) is 3.22. The van der Waals surface area contributed by atoms with Crippen LogP contribution in [0.1, 0.15) is 36.2 Å². The van der Waals surface area contributed by atoms with Crippen LogP contribution in [0.3, 0.4) is 0 Å². The predicted octanol–water partition coefficient (Wildman–Crippen LogP) is 4.34. The second-order valence-electron chi connectivity index (χ2n) is 4.64. The van der Waals surface area contributed by atoms with Gasteiger partial charge in [-0.05, 0) is 43.0 Å². The van der Waals surface area contributed by atoms with Gasteiger partial charge in [-0.2, -0.15) is 10.4 Å². The lowest BCUT2D eigenvalue weighted by molar-refractivity contribution is 0.447. The zero-order chi connectivity index (χ0) is 15.4. The number of rotatable bonds is 4. The van der Waals surface area contributed by atoms with Gasteiger partial charge in [0.25, 0.3) is 5.88 Å². The minimum Gasteiger partial charge on any atom is -0.436 e. The molecule has 0 saturated heterocycles. The molecule has 0 N–H and O–H groups in total. The quantitative estimate of drug-likeness (QED) is 0.826. The smallest absolute Gasteiger partial charge is 0.257 e. The van der Waals surface area contributed by atoms with E-state index in [1.165, 1.54) is 0 Å².